The van der Waals surface area contributed by atoms with Gasteiger partial charge in [-0.1, -0.05) is 43.7 Å². The second kappa shape index (κ2) is 4.75. The smallest absolute Gasteiger partial charge is 0.166 e. The monoisotopic (exact) mass is 328 g/mol. The summed E-state index contributed by atoms with van der Waals surface area (Å²) < 4.78 is 40.5. The number of hydrogen-bond acceptors (Lipinski definition) is 0. The summed E-state index contributed by atoms with van der Waals surface area (Å²) in [6.07, 6.45) is -4.34. The van der Waals surface area contributed by atoms with Crippen molar-refractivity contribution in [2.24, 2.45) is 5.92 Å². The highest BCUT2D eigenvalue weighted by atomic mass is 19.4. The Hall–Kier alpha value is -2.03. The van der Waals surface area contributed by atoms with Crippen LogP contribution in [0.25, 0.3) is 27.1 Å². The summed E-state index contributed by atoms with van der Waals surface area (Å²) in [7, 11) is 0. The molecule has 0 saturated heterocycles. The van der Waals surface area contributed by atoms with E-state index in [1.807, 2.05) is 13.0 Å². The van der Waals surface area contributed by atoms with Crippen LogP contribution in [0.2, 0.25) is 0 Å². The fourth-order valence-corrected chi connectivity index (χ4v) is 4.37. The number of benzene rings is 3. The van der Waals surface area contributed by atoms with Crippen LogP contribution in [0.5, 0.6) is 0 Å². The first-order chi connectivity index (χ1) is 11.2. The highest BCUT2D eigenvalue weighted by Gasteiger charge is 2.34. The van der Waals surface area contributed by atoms with Crippen molar-refractivity contribution in [1.82, 2.24) is 0 Å². The van der Waals surface area contributed by atoms with E-state index in [2.05, 4.69) is 26.8 Å². The van der Waals surface area contributed by atoms with E-state index in [4.69, 9.17) is 0 Å². The summed E-state index contributed by atoms with van der Waals surface area (Å²) in [5.41, 5.74) is 2.85. The molecule has 2 unspecified atom stereocenters. The number of hydrogen-bond donors (Lipinski definition) is 0. The molecule has 0 N–H and O–H groups in total. The second-order valence-corrected chi connectivity index (χ2v) is 7.12. The summed E-state index contributed by atoms with van der Waals surface area (Å²) in [4.78, 5) is 0. The van der Waals surface area contributed by atoms with Gasteiger partial charge in [-0.3, -0.25) is 0 Å². The van der Waals surface area contributed by atoms with Crippen LogP contribution in [-0.2, 0) is 6.18 Å². The summed E-state index contributed by atoms with van der Waals surface area (Å²) in [6.45, 7) is 8.42. The van der Waals surface area contributed by atoms with E-state index in [0.717, 1.165) is 26.9 Å². The third-order valence-corrected chi connectivity index (χ3v) is 5.89. The van der Waals surface area contributed by atoms with E-state index in [1.54, 1.807) is 12.1 Å². The fraction of sp³-hybridized carbons (Fsp3) is 0.333. The molecule has 3 aromatic rings. The van der Waals surface area contributed by atoms with Gasteiger partial charge in [-0.25, -0.2) is 0 Å². The van der Waals surface area contributed by atoms with Crippen LogP contribution in [0.15, 0.2) is 30.3 Å². The molecule has 4 rings (SSSR count). The van der Waals surface area contributed by atoms with Crippen molar-refractivity contribution in [3.8, 4) is 0 Å². The van der Waals surface area contributed by atoms with E-state index >= 15 is 0 Å². The molecule has 0 aromatic heterocycles. The maximum absolute atomic E-state index is 13.5. The summed E-state index contributed by atoms with van der Waals surface area (Å²) in [5, 5.41) is 4.14. The zero-order valence-corrected chi connectivity index (χ0v) is 14.2. The van der Waals surface area contributed by atoms with Gasteiger partial charge >= 0.3 is 6.18 Å². The quantitative estimate of drug-likeness (QED) is 0.477. The van der Waals surface area contributed by atoms with Crippen LogP contribution in [0.3, 0.4) is 0 Å². The van der Waals surface area contributed by atoms with Crippen LogP contribution >= 0.6 is 0 Å². The molecule has 0 bridgehead atoms. The van der Waals surface area contributed by atoms with Crippen molar-refractivity contribution < 1.29 is 13.2 Å². The standard InChI is InChI=1S/C21H19F3/c1-10-9-16-17(21(22,23)24)8-6-14-5-7-15-12(3)11(2)13(4)18(10)20(15)19(14)16/h5-9,11-12H,1-4H3. The first-order valence-corrected chi connectivity index (χ1v) is 8.28. The van der Waals surface area contributed by atoms with Gasteiger partial charge in [0.05, 0.1) is 5.56 Å². The highest BCUT2D eigenvalue weighted by Crippen LogP contribution is 2.43. The van der Waals surface area contributed by atoms with Crippen LogP contribution in [0.1, 0.15) is 43.4 Å². The summed E-state index contributed by atoms with van der Waals surface area (Å²) in [6, 6.07) is 8.61. The Kier molecular flexibility index (Phi) is 3.07. The van der Waals surface area contributed by atoms with E-state index in [-0.39, 0.29) is 0 Å². The summed E-state index contributed by atoms with van der Waals surface area (Å²) >= 11 is 0. The van der Waals surface area contributed by atoms with Gasteiger partial charge in [0.2, 0.25) is 0 Å². The zero-order valence-electron chi connectivity index (χ0n) is 14.2. The predicted molar refractivity (Wildman–Crippen MR) is 93.1 cm³/mol. The zero-order chi connectivity index (χ0) is 17.4. The Bertz CT molecular complexity index is 1040. The lowest BCUT2D eigenvalue weighted by molar-refractivity contribution is -0.136. The van der Waals surface area contributed by atoms with Gasteiger partial charge in [0.15, 0.2) is 0 Å². The molecule has 2 atom stereocenters. The number of alkyl halides is 3. The van der Waals surface area contributed by atoms with Crippen molar-refractivity contribution in [3.63, 3.8) is 0 Å². The molecule has 124 valence electrons. The van der Waals surface area contributed by atoms with Crippen molar-refractivity contribution in [1.29, 1.82) is 0 Å². The van der Waals surface area contributed by atoms with Crippen molar-refractivity contribution in [2.45, 2.75) is 39.8 Å². The highest BCUT2D eigenvalue weighted by molar-refractivity contribution is 6.14. The van der Waals surface area contributed by atoms with E-state index in [0.29, 0.717) is 17.2 Å². The number of rotatable bonds is 0. The van der Waals surface area contributed by atoms with Gasteiger partial charge in [0, 0.05) is 0 Å². The van der Waals surface area contributed by atoms with Gasteiger partial charge in [-0.2, -0.15) is 13.2 Å². The van der Waals surface area contributed by atoms with E-state index < -0.39 is 11.7 Å². The van der Waals surface area contributed by atoms with Crippen molar-refractivity contribution in [3.05, 3.63) is 52.2 Å². The van der Waals surface area contributed by atoms with Crippen LogP contribution in [0, 0.1) is 12.8 Å². The minimum absolute atomic E-state index is 0.307. The van der Waals surface area contributed by atoms with Gasteiger partial charge in [-0.15, -0.1) is 0 Å². The average Bonchev–Trinajstić information content (AvgIpc) is 2.51. The Morgan fingerprint density at radius 2 is 1.54 bits per heavy atom. The van der Waals surface area contributed by atoms with Crippen LogP contribution in [0.4, 0.5) is 13.2 Å². The van der Waals surface area contributed by atoms with E-state index in [9.17, 15) is 13.2 Å². The molecule has 0 fully saturated rings. The maximum Gasteiger partial charge on any atom is 0.417 e. The minimum atomic E-state index is -4.34. The third-order valence-electron chi connectivity index (χ3n) is 5.89. The molecule has 0 amide bonds. The molecule has 0 nitrogen and oxygen atoms in total. The molecule has 0 heterocycles. The molecule has 24 heavy (non-hydrogen) atoms. The largest absolute Gasteiger partial charge is 0.417 e. The fourth-order valence-electron chi connectivity index (χ4n) is 4.37. The molecule has 0 radical (unpaired) electrons. The lowest BCUT2D eigenvalue weighted by Crippen LogP contribution is -2.25. The molecular weight excluding hydrogens is 309 g/mol. The number of halogens is 3. The molecule has 0 spiro atoms. The first-order valence-electron chi connectivity index (χ1n) is 8.28. The topological polar surface area (TPSA) is 0 Å². The Labute approximate surface area is 139 Å². The third kappa shape index (κ3) is 1.87. The number of aryl methyl sites for hydroxylation is 1. The van der Waals surface area contributed by atoms with Crippen molar-refractivity contribution in [2.75, 3.05) is 0 Å². The van der Waals surface area contributed by atoms with Crippen LogP contribution < -0.4 is 5.22 Å². The Balaban J connectivity index is 2.35. The Morgan fingerprint density at radius 1 is 0.875 bits per heavy atom. The van der Waals surface area contributed by atoms with Gasteiger partial charge in [0.25, 0.3) is 0 Å². The predicted octanol–water partition coefficient (Wildman–Crippen LogP) is 5.96. The molecule has 3 heteroatoms. The van der Waals surface area contributed by atoms with Gasteiger partial charge < -0.3 is 0 Å². The molecule has 3 aromatic carbocycles. The lowest BCUT2D eigenvalue weighted by Gasteiger charge is -2.30. The first kappa shape index (κ1) is 15.5. The van der Waals surface area contributed by atoms with Gasteiger partial charge in [-0.05, 0) is 69.6 Å². The maximum atomic E-state index is 13.5. The molecule has 0 saturated carbocycles. The van der Waals surface area contributed by atoms with Crippen LogP contribution in [-0.4, -0.2) is 0 Å². The minimum Gasteiger partial charge on any atom is -0.166 e. The molecule has 1 aliphatic carbocycles. The van der Waals surface area contributed by atoms with Gasteiger partial charge in [0.1, 0.15) is 0 Å². The SMILES string of the molecule is CC1=c2c(C)cc3c(C(F)(F)F)ccc4ccc(c2c43)C(C)C1C. The molecular formula is C21H19F3. The Morgan fingerprint density at radius 3 is 2.21 bits per heavy atom. The second-order valence-electron chi connectivity index (χ2n) is 7.12. The van der Waals surface area contributed by atoms with E-state index in [1.165, 1.54) is 17.2 Å². The normalized spacial score (nSPS) is 21.0. The summed E-state index contributed by atoms with van der Waals surface area (Å²) in [5.74, 6) is 0.696. The lowest BCUT2D eigenvalue weighted by atomic mass is 9.74. The molecule has 0 aliphatic heterocycles. The average molecular weight is 328 g/mol. The molecule has 1 aliphatic rings. The van der Waals surface area contributed by atoms with Crippen molar-refractivity contribution >= 4 is 27.1 Å².